The summed E-state index contributed by atoms with van der Waals surface area (Å²) in [5, 5.41) is 2.73. The molecule has 1 N–H and O–H groups in total. The quantitative estimate of drug-likeness (QED) is 0.641. The Morgan fingerprint density at radius 2 is 1.67 bits per heavy atom. The molecule has 1 amide bonds. The van der Waals surface area contributed by atoms with Crippen molar-refractivity contribution in [3.63, 3.8) is 0 Å². The average molecular weight is 416 g/mol. The number of hydrogen-bond donors (Lipinski definition) is 1. The van der Waals surface area contributed by atoms with Crippen LogP contribution in [-0.4, -0.2) is 17.1 Å². The van der Waals surface area contributed by atoms with Crippen molar-refractivity contribution in [1.29, 1.82) is 0 Å². The number of nitrogens with one attached hydrogen (secondary N) is 1. The minimum atomic E-state index is -4.42. The maximum absolute atomic E-state index is 12.7. The SMILES string of the molecule is CCOc1ccc(NC(=O)c2ccc(=O)n(Cc3ccc(C(F)(F)F)cc3)c2)cc1. The first-order valence-corrected chi connectivity index (χ1v) is 9.17. The zero-order valence-electron chi connectivity index (χ0n) is 16.1. The number of carbonyl (C=O) groups excluding carboxylic acids is 1. The molecule has 0 unspecified atom stereocenters. The average Bonchev–Trinajstić information content (AvgIpc) is 2.71. The van der Waals surface area contributed by atoms with Gasteiger partial charge in [-0.1, -0.05) is 12.1 Å². The fourth-order valence-corrected chi connectivity index (χ4v) is 2.79. The number of alkyl halides is 3. The second-order valence-corrected chi connectivity index (χ2v) is 6.49. The molecule has 1 aromatic heterocycles. The summed E-state index contributed by atoms with van der Waals surface area (Å²) in [4.78, 5) is 24.6. The van der Waals surface area contributed by atoms with Crippen molar-refractivity contribution in [3.8, 4) is 5.75 Å². The van der Waals surface area contributed by atoms with E-state index in [0.29, 0.717) is 23.6 Å². The first kappa shape index (κ1) is 21.2. The Hall–Kier alpha value is -3.55. The number of pyridine rings is 1. The Kier molecular flexibility index (Phi) is 6.25. The van der Waals surface area contributed by atoms with E-state index < -0.39 is 17.6 Å². The highest BCUT2D eigenvalue weighted by Gasteiger charge is 2.29. The van der Waals surface area contributed by atoms with E-state index in [4.69, 9.17) is 4.74 Å². The summed E-state index contributed by atoms with van der Waals surface area (Å²) < 4.78 is 44.7. The standard InChI is InChI=1S/C22H19F3N2O3/c1-2-30-19-10-8-18(9-11-19)26-21(29)16-5-12-20(28)27(14-16)13-15-3-6-17(7-4-15)22(23,24)25/h3-12,14H,2,13H2,1H3,(H,26,29). The summed E-state index contributed by atoms with van der Waals surface area (Å²) in [5.74, 6) is 0.265. The summed E-state index contributed by atoms with van der Waals surface area (Å²) in [6, 6.07) is 14.0. The Labute approximate surface area is 170 Å². The number of halogens is 3. The molecule has 0 radical (unpaired) electrons. The number of carbonyl (C=O) groups is 1. The van der Waals surface area contributed by atoms with Crippen LogP contribution < -0.4 is 15.6 Å². The van der Waals surface area contributed by atoms with Gasteiger partial charge in [0.25, 0.3) is 11.5 Å². The van der Waals surface area contributed by atoms with Crippen LogP contribution in [0.4, 0.5) is 18.9 Å². The molecule has 156 valence electrons. The first-order chi connectivity index (χ1) is 14.3. The van der Waals surface area contributed by atoms with E-state index in [2.05, 4.69) is 5.32 Å². The predicted molar refractivity (Wildman–Crippen MR) is 107 cm³/mol. The molecule has 0 bridgehead atoms. The van der Waals surface area contributed by atoms with Crippen LogP contribution in [-0.2, 0) is 12.7 Å². The van der Waals surface area contributed by atoms with Crippen molar-refractivity contribution in [2.45, 2.75) is 19.6 Å². The molecule has 0 spiro atoms. The molecule has 3 rings (SSSR count). The maximum atomic E-state index is 12.7. The third-order valence-corrected chi connectivity index (χ3v) is 4.30. The van der Waals surface area contributed by atoms with Gasteiger partial charge in [0, 0.05) is 18.0 Å². The zero-order chi connectivity index (χ0) is 21.7. The van der Waals surface area contributed by atoms with Crippen LogP contribution in [0.25, 0.3) is 0 Å². The van der Waals surface area contributed by atoms with E-state index in [0.717, 1.165) is 12.1 Å². The van der Waals surface area contributed by atoms with Gasteiger partial charge in [-0.15, -0.1) is 0 Å². The van der Waals surface area contributed by atoms with Crippen molar-refractivity contribution in [2.75, 3.05) is 11.9 Å². The lowest BCUT2D eigenvalue weighted by Crippen LogP contribution is -2.22. The molecule has 0 aliphatic carbocycles. The van der Waals surface area contributed by atoms with Crippen LogP contribution in [0.3, 0.4) is 0 Å². The fraction of sp³-hybridized carbons (Fsp3) is 0.182. The van der Waals surface area contributed by atoms with Gasteiger partial charge in [0.05, 0.1) is 24.3 Å². The summed E-state index contributed by atoms with van der Waals surface area (Å²) in [6.45, 7) is 2.45. The monoisotopic (exact) mass is 416 g/mol. The van der Waals surface area contributed by atoms with Crippen LogP contribution in [0, 0.1) is 0 Å². The van der Waals surface area contributed by atoms with E-state index in [1.807, 2.05) is 6.92 Å². The lowest BCUT2D eigenvalue weighted by atomic mass is 10.1. The number of ether oxygens (including phenoxy) is 1. The van der Waals surface area contributed by atoms with E-state index >= 15 is 0 Å². The topological polar surface area (TPSA) is 60.3 Å². The molecular formula is C22H19F3N2O3. The normalized spacial score (nSPS) is 11.2. The van der Waals surface area contributed by atoms with Gasteiger partial charge in [-0.25, -0.2) is 0 Å². The van der Waals surface area contributed by atoms with E-state index in [9.17, 15) is 22.8 Å². The molecule has 8 heteroatoms. The van der Waals surface area contributed by atoms with Crippen LogP contribution in [0.5, 0.6) is 5.75 Å². The third-order valence-electron chi connectivity index (χ3n) is 4.30. The zero-order valence-corrected chi connectivity index (χ0v) is 16.1. The highest BCUT2D eigenvalue weighted by molar-refractivity contribution is 6.04. The minimum absolute atomic E-state index is 0.0428. The number of aromatic nitrogens is 1. The van der Waals surface area contributed by atoms with Gasteiger partial charge in [-0.3, -0.25) is 9.59 Å². The highest BCUT2D eigenvalue weighted by Crippen LogP contribution is 2.29. The van der Waals surface area contributed by atoms with Crippen molar-refractivity contribution >= 4 is 11.6 Å². The Balaban J connectivity index is 1.74. The minimum Gasteiger partial charge on any atom is -0.494 e. The second-order valence-electron chi connectivity index (χ2n) is 6.49. The van der Waals surface area contributed by atoms with Gasteiger partial charge in [-0.2, -0.15) is 13.2 Å². The van der Waals surface area contributed by atoms with Crippen LogP contribution >= 0.6 is 0 Å². The van der Waals surface area contributed by atoms with Crippen molar-refractivity contribution in [1.82, 2.24) is 4.57 Å². The summed E-state index contributed by atoms with van der Waals surface area (Å²) in [7, 11) is 0. The van der Waals surface area contributed by atoms with E-state index in [-0.39, 0.29) is 17.7 Å². The smallest absolute Gasteiger partial charge is 0.416 e. The van der Waals surface area contributed by atoms with Gasteiger partial charge in [0.2, 0.25) is 0 Å². The largest absolute Gasteiger partial charge is 0.494 e. The van der Waals surface area contributed by atoms with Crippen LogP contribution in [0.1, 0.15) is 28.4 Å². The summed E-state index contributed by atoms with van der Waals surface area (Å²) >= 11 is 0. The molecule has 1 heterocycles. The van der Waals surface area contributed by atoms with Crippen molar-refractivity contribution in [3.05, 3.63) is 93.9 Å². The van der Waals surface area contributed by atoms with Gasteiger partial charge in [-0.05, 0) is 55.0 Å². The first-order valence-electron chi connectivity index (χ1n) is 9.17. The molecule has 5 nitrogen and oxygen atoms in total. The van der Waals surface area contributed by atoms with Gasteiger partial charge in [0.1, 0.15) is 5.75 Å². The molecule has 2 aromatic carbocycles. The highest BCUT2D eigenvalue weighted by atomic mass is 19.4. The number of hydrogen-bond acceptors (Lipinski definition) is 3. The molecule has 0 saturated carbocycles. The molecule has 0 atom stereocenters. The van der Waals surface area contributed by atoms with Crippen molar-refractivity contribution in [2.24, 2.45) is 0 Å². The molecular weight excluding hydrogens is 397 g/mol. The molecule has 0 aliphatic heterocycles. The molecule has 0 fully saturated rings. The fourth-order valence-electron chi connectivity index (χ4n) is 2.79. The second kappa shape index (κ2) is 8.86. The van der Waals surface area contributed by atoms with Gasteiger partial charge in [0.15, 0.2) is 0 Å². The van der Waals surface area contributed by atoms with E-state index in [1.165, 1.54) is 35.0 Å². The Bertz CT molecular complexity index is 1070. The van der Waals surface area contributed by atoms with Gasteiger partial charge < -0.3 is 14.6 Å². The maximum Gasteiger partial charge on any atom is 0.416 e. The lowest BCUT2D eigenvalue weighted by molar-refractivity contribution is -0.137. The lowest BCUT2D eigenvalue weighted by Gasteiger charge is -2.11. The van der Waals surface area contributed by atoms with E-state index in [1.54, 1.807) is 24.3 Å². The molecule has 0 saturated heterocycles. The Morgan fingerprint density at radius 1 is 1.00 bits per heavy atom. The molecule has 30 heavy (non-hydrogen) atoms. The molecule has 0 aliphatic rings. The van der Waals surface area contributed by atoms with Crippen LogP contribution in [0.2, 0.25) is 0 Å². The number of amides is 1. The number of rotatable bonds is 6. The van der Waals surface area contributed by atoms with Crippen LogP contribution in [0.15, 0.2) is 71.7 Å². The predicted octanol–water partition coefficient (Wildman–Crippen LogP) is 4.57. The number of benzene rings is 2. The number of nitrogens with zero attached hydrogens (tertiary/aromatic N) is 1. The summed E-state index contributed by atoms with van der Waals surface area (Å²) in [6.07, 6.45) is -3.04. The van der Waals surface area contributed by atoms with Crippen molar-refractivity contribution < 1.29 is 22.7 Å². The third kappa shape index (κ3) is 5.28. The number of anilines is 1. The Morgan fingerprint density at radius 3 is 2.27 bits per heavy atom. The van der Waals surface area contributed by atoms with Gasteiger partial charge >= 0.3 is 6.18 Å². The molecule has 3 aromatic rings. The summed E-state index contributed by atoms with van der Waals surface area (Å²) in [5.41, 5.74) is 0.183.